The molecule has 1 aromatic carbocycles. The first kappa shape index (κ1) is 21.9. The summed E-state index contributed by atoms with van der Waals surface area (Å²) < 4.78 is 0. The van der Waals surface area contributed by atoms with Crippen molar-refractivity contribution in [3.8, 4) is 0 Å². The number of rotatable bonds is 9. The number of carbonyl (C=O) groups excluding carboxylic acids is 2. The van der Waals surface area contributed by atoms with Crippen molar-refractivity contribution in [2.45, 2.75) is 58.3 Å². The summed E-state index contributed by atoms with van der Waals surface area (Å²) in [6, 6.07) is 7.03. The van der Waals surface area contributed by atoms with Gasteiger partial charge in [0.25, 0.3) is 5.56 Å². The molecule has 7 nitrogen and oxygen atoms in total. The highest BCUT2D eigenvalue weighted by atomic mass is 16.4. The van der Waals surface area contributed by atoms with E-state index in [0.29, 0.717) is 41.6 Å². The molecule has 1 saturated carbocycles. The van der Waals surface area contributed by atoms with Gasteiger partial charge in [-0.05, 0) is 44.1 Å². The fourth-order valence-electron chi connectivity index (χ4n) is 4.31. The molecule has 1 heterocycles. The number of carboxylic acid groups (broad SMARTS) is 1. The highest BCUT2D eigenvalue weighted by molar-refractivity contribution is 5.91. The minimum Gasteiger partial charge on any atom is -0.481 e. The van der Waals surface area contributed by atoms with Crippen molar-refractivity contribution in [1.82, 2.24) is 10.2 Å². The van der Waals surface area contributed by atoms with Crippen molar-refractivity contribution in [3.05, 3.63) is 40.3 Å². The van der Waals surface area contributed by atoms with Gasteiger partial charge in [0.2, 0.25) is 0 Å². The highest BCUT2D eigenvalue weighted by Gasteiger charge is 2.27. The van der Waals surface area contributed by atoms with E-state index in [2.05, 4.69) is 10.2 Å². The van der Waals surface area contributed by atoms with Crippen molar-refractivity contribution >= 4 is 28.3 Å². The highest BCUT2D eigenvalue weighted by Crippen LogP contribution is 2.32. The molecule has 1 aliphatic carbocycles. The van der Waals surface area contributed by atoms with E-state index in [1.54, 1.807) is 31.2 Å². The smallest absolute Gasteiger partial charge is 0.306 e. The Kier molecular flexibility index (Phi) is 7.13. The molecule has 0 aliphatic heterocycles. The molecule has 1 aliphatic rings. The minimum atomic E-state index is -0.721. The van der Waals surface area contributed by atoms with Crippen molar-refractivity contribution in [1.29, 1.82) is 0 Å². The number of Topliss-reactive ketones (excluding diaryl/α,β-unsaturated/α-hetero) is 2. The van der Waals surface area contributed by atoms with Crippen LogP contribution in [0.3, 0.4) is 0 Å². The zero-order chi connectivity index (χ0) is 21.7. The summed E-state index contributed by atoms with van der Waals surface area (Å²) >= 11 is 0. The van der Waals surface area contributed by atoms with E-state index < -0.39 is 5.97 Å². The van der Waals surface area contributed by atoms with Crippen molar-refractivity contribution in [2.24, 2.45) is 17.8 Å². The van der Waals surface area contributed by atoms with Crippen molar-refractivity contribution < 1.29 is 19.5 Å². The number of aromatic amines is 1. The Labute approximate surface area is 174 Å². The number of ketones is 2. The maximum Gasteiger partial charge on any atom is 0.306 e. The molecule has 1 fully saturated rings. The fourth-order valence-corrected chi connectivity index (χ4v) is 4.31. The Bertz CT molecular complexity index is 988. The van der Waals surface area contributed by atoms with Crippen LogP contribution in [0.25, 0.3) is 10.8 Å². The molecule has 30 heavy (non-hydrogen) atoms. The van der Waals surface area contributed by atoms with Gasteiger partial charge in [-0.1, -0.05) is 25.1 Å². The lowest BCUT2D eigenvalue weighted by atomic mass is 9.79. The number of nitrogens with zero attached hydrogens (tertiary/aromatic N) is 1. The fraction of sp³-hybridized carbons (Fsp3) is 0.522. The number of benzene rings is 1. The van der Waals surface area contributed by atoms with Gasteiger partial charge in [-0.2, -0.15) is 5.10 Å². The van der Waals surface area contributed by atoms with E-state index in [0.717, 1.165) is 19.3 Å². The Morgan fingerprint density at radius 1 is 1.13 bits per heavy atom. The lowest BCUT2D eigenvalue weighted by molar-refractivity contribution is -0.143. The van der Waals surface area contributed by atoms with E-state index in [1.807, 2.05) is 0 Å². The van der Waals surface area contributed by atoms with E-state index >= 15 is 0 Å². The Morgan fingerprint density at radius 3 is 2.47 bits per heavy atom. The molecule has 0 bridgehead atoms. The number of aliphatic carboxylic acids is 1. The molecule has 0 radical (unpaired) electrons. The zero-order valence-electron chi connectivity index (χ0n) is 17.2. The van der Waals surface area contributed by atoms with Gasteiger partial charge in [0.1, 0.15) is 11.6 Å². The Morgan fingerprint density at radius 2 is 1.80 bits per heavy atom. The summed E-state index contributed by atoms with van der Waals surface area (Å²) in [5.41, 5.74) is 0.229. The van der Waals surface area contributed by atoms with Crippen LogP contribution in [0.5, 0.6) is 0 Å². The number of fused-ring (bicyclic) bond motifs is 1. The number of nitrogens with one attached hydrogen (secondary N) is 1. The monoisotopic (exact) mass is 412 g/mol. The molecule has 0 unspecified atom stereocenters. The number of hydrogen-bond acceptors (Lipinski definition) is 5. The lowest BCUT2D eigenvalue weighted by Gasteiger charge is -2.26. The average Bonchev–Trinajstić information content (AvgIpc) is 2.74. The van der Waals surface area contributed by atoms with Crippen LogP contribution in [-0.2, 0) is 20.8 Å². The quantitative estimate of drug-likeness (QED) is 0.653. The molecule has 1 atom stereocenters. The van der Waals surface area contributed by atoms with Crippen LogP contribution in [0.4, 0.5) is 0 Å². The van der Waals surface area contributed by atoms with Gasteiger partial charge in [-0.25, -0.2) is 5.10 Å². The summed E-state index contributed by atoms with van der Waals surface area (Å²) in [6.07, 6.45) is 4.48. The summed E-state index contributed by atoms with van der Waals surface area (Å²) in [7, 11) is 0. The SMILES string of the molecule is C[C@H](CC(=O)Cc1n[nH]c(=O)c2ccccc12)C(=O)CCC1CCC(C(=O)O)CC1. The molecule has 2 aromatic rings. The molecule has 7 heteroatoms. The molecule has 2 N–H and O–H groups in total. The number of carboxylic acids is 1. The number of aromatic nitrogens is 2. The molecule has 0 saturated heterocycles. The van der Waals surface area contributed by atoms with Crippen molar-refractivity contribution in [2.75, 3.05) is 0 Å². The topological polar surface area (TPSA) is 117 Å². The van der Waals surface area contributed by atoms with Gasteiger partial charge in [-0.15, -0.1) is 0 Å². The number of H-pyrrole nitrogens is 1. The third kappa shape index (κ3) is 5.40. The van der Waals surface area contributed by atoms with Crippen LogP contribution < -0.4 is 5.56 Å². The normalized spacial score (nSPS) is 20.0. The molecule has 3 rings (SSSR count). The molecule has 1 aromatic heterocycles. The second kappa shape index (κ2) is 9.78. The first-order valence-corrected chi connectivity index (χ1v) is 10.6. The molecule has 0 amide bonds. The third-order valence-corrected chi connectivity index (χ3v) is 6.22. The van der Waals surface area contributed by atoms with Crippen LogP contribution >= 0.6 is 0 Å². The standard InChI is InChI=1S/C23H28N2O5/c1-14(21(27)11-8-15-6-9-16(10-7-15)23(29)30)12-17(26)13-20-18-4-2-3-5-19(18)22(28)25-24-20/h2-5,14-16H,6-13H2,1H3,(H,25,28)(H,29,30)/t14-,15?,16?/m1/s1. The van der Waals surface area contributed by atoms with Crippen LogP contribution in [-0.4, -0.2) is 32.8 Å². The van der Waals surface area contributed by atoms with Crippen LogP contribution in [0.2, 0.25) is 0 Å². The third-order valence-electron chi connectivity index (χ3n) is 6.22. The number of hydrogen-bond donors (Lipinski definition) is 2. The van der Waals surface area contributed by atoms with Gasteiger partial charge < -0.3 is 5.11 Å². The Balaban J connectivity index is 1.49. The van der Waals surface area contributed by atoms with E-state index in [9.17, 15) is 19.2 Å². The van der Waals surface area contributed by atoms with Crippen molar-refractivity contribution in [3.63, 3.8) is 0 Å². The lowest BCUT2D eigenvalue weighted by Crippen LogP contribution is -2.23. The van der Waals surface area contributed by atoms with Crippen LogP contribution in [0.1, 0.15) is 57.6 Å². The number of carbonyl (C=O) groups is 3. The maximum atomic E-state index is 12.5. The van der Waals surface area contributed by atoms with Gasteiger partial charge in [0.15, 0.2) is 0 Å². The molecule has 0 spiro atoms. The second-order valence-corrected chi connectivity index (χ2v) is 8.43. The van der Waals surface area contributed by atoms with Crippen LogP contribution in [0.15, 0.2) is 29.1 Å². The first-order chi connectivity index (χ1) is 14.3. The summed E-state index contributed by atoms with van der Waals surface area (Å²) in [4.78, 5) is 47.9. The predicted molar refractivity (Wildman–Crippen MR) is 112 cm³/mol. The predicted octanol–water partition coefficient (Wildman–Crippen LogP) is 3.30. The zero-order valence-corrected chi connectivity index (χ0v) is 17.2. The molecular formula is C23H28N2O5. The summed E-state index contributed by atoms with van der Waals surface area (Å²) in [5, 5.41) is 16.7. The van der Waals surface area contributed by atoms with Gasteiger partial charge in [0, 0.05) is 24.1 Å². The van der Waals surface area contributed by atoms with E-state index in [-0.39, 0.29) is 41.8 Å². The summed E-state index contributed by atoms with van der Waals surface area (Å²) in [5.74, 6) is -0.941. The minimum absolute atomic E-state index is 0.0722. The average molecular weight is 412 g/mol. The van der Waals surface area contributed by atoms with Gasteiger partial charge in [0.05, 0.1) is 23.4 Å². The largest absolute Gasteiger partial charge is 0.481 e. The van der Waals surface area contributed by atoms with Gasteiger partial charge in [-0.3, -0.25) is 19.2 Å². The van der Waals surface area contributed by atoms with Crippen LogP contribution in [0, 0.1) is 17.8 Å². The molecular weight excluding hydrogens is 384 g/mol. The van der Waals surface area contributed by atoms with E-state index in [4.69, 9.17) is 5.11 Å². The summed E-state index contributed by atoms with van der Waals surface area (Å²) in [6.45, 7) is 1.78. The Hall–Kier alpha value is -2.83. The second-order valence-electron chi connectivity index (χ2n) is 8.43. The van der Waals surface area contributed by atoms with Gasteiger partial charge >= 0.3 is 5.97 Å². The van der Waals surface area contributed by atoms with E-state index in [1.165, 1.54) is 0 Å². The first-order valence-electron chi connectivity index (χ1n) is 10.6. The molecule has 160 valence electrons. The maximum absolute atomic E-state index is 12.5.